The smallest absolute Gasteiger partial charge is 0.251 e. The lowest BCUT2D eigenvalue weighted by Crippen LogP contribution is -2.29. The molecule has 0 spiro atoms. The number of hydrogen-bond acceptors (Lipinski definition) is 4. The summed E-state index contributed by atoms with van der Waals surface area (Å²) in [6.45, 7) is 12.4. The van der Waals surface area contributed by atoms with Gasteiger partial charge in [-0.05, 0) is 69.7 Å². The Morgan fingerprint density at radius 3 is 2.55 bits per heavy atom. The number of benzene rings is 2. The third-order valence-electron chi connectivity index (χ3n) is 5.31. The second-order valence-electron chi connectivity index (χ2n) is 7.33. The monoisotopic (exact) mass is 409 g/mol. The third-order valence-corrected chi connectivity index (χ3v) is 6.45. The van der Waals surface area contributed by atoms with Gasteiger partial charge in [0.2, 0.25) is 0 Å². The van der Waals surface area contributed by atoms with Gasteiger partial charge in [-0.2, -0.15) is 0 Å². The SMILES string of the molecule is CCC1=Nc2cc(C(=O)NCCCN(CC)CC)ccc2Sc2ccc(C)cc21. The van der Waals surface area contributed by atoms with Crippen LogP contribution in [0.4, 0.5) is 5.69 Å². The summed E-state index contributed by atoms with van der Waals surface area (Å²) in [6.07, 6.45) is 1.82. The van der Waals surface area contributed by atoms with Crippen molar-refractivity contribution < 1.29 is 4.79 Å². The summed E-state index contributed by atoms with van der Waals surface area (Å²) in [5.74, 6) is -0.0248. The van der Waals surface area contributed by atoms with Crippen LogP contribution in [0.3, 0.4) is 0 Å². The average molecular weight is 410 g/mol. The van der Waals surface area contributed by atoms with Gasteiger partial charge in [-0.15, -0.1) is 0 Å². The third kappa shape index (κ3) is 5.28. The predicted molar refractivity (Wildman–Crippen MR) is 123 cm³/mol. The second-order valence-corrected chi connectivity index (χ2v) is 8.42. The highest BCUT2D eigenvalue weighted by Gasteiger charge is 2.18. The van der Waals surface area contributed by atoms with E-state index in [2.05, 4.69) is 56.1 Å². The average Bonchev–Trinajstić information content (AvgIpc) is 2.89. The van der Waals surface area contributed by atoms with E-state index in [4.69, 9.17) is 4.99 Å². The summed E-state index contributed by atoms with van der Waals surface area (Å²) in [5, 5.41) is 3.05. The van der Waals surface area contributed by atoms with E-state index in [0.29, 0.717) is 12.1 Å². The maximum absolute atomic E-state index is 12.6. The second kappa shape index (κ2) is 10.1. The van der Waals surface area contributed by atoms with Gasteiger partial charge in [-0.25, -0.2) is 0 Å². The van der Waals surface area contributed by atoms with Crippen LogP contribution in [-0.2, 0) is 0 Å². The number of carbonyl (C=O) groups is 1. The molecule has 0 unspecified atom stereocenters. The lowest BCUT2D eigenvalue weighted by molar-refractivity contribution is 0.0952. The number of amides is 1. The summed E-state index contributed by atoms with van der Waals surface area (Å²) < 4.78 is 0. The molecule has 1 aliphatic heterocycles. The number of hydrogen-bond donors (Lipinski definition) is 1. The summed E-state index contributed by atoms with van der Waals surface area (Å²) in [4.78, 5) is 22.3. The maximum atomic E-state index is 12.6. The Labute approximate surface area is 178 Å². The van der Waals surface area contributed by atoms with Crippen molar-refractivity contribution in [3.05, 3.63) is 53.1 Å². The Morgan fingerprint density at radius 1 is 1.07 bits per heavy atom. The van der Waals surface area contributed by atoms with Gasteiger partial charge in [0.15, 0.2) is 0 Å². The molecule has 1 N–H and O–H groups in total. The first-order chi connectivity index (χ1) is 14.0. The van der Waals surface area contributed by atoms with Crippen molar-refractivity contribution in [2.75, 3.05) is 26.2 Å². The van der Waals surface area contributed by atoms with Crippen molar-refractivity contribution in [2.24, 2.45) is 4.99 Å². The Hall–Kier alpha value is -2.11. The number of aliphatic imine (C=N–C) groups is 1. The lowest BCUT2D eigenvalue weighted by Gasteiger charge is -2.17. The fraction of sp³-hybridized carbons (Fsp3) is 0.417. The number of fused-ring (bicyclic) bond motifs is 2. The summed E-state index contributed by atoms with van der Waals surface area (Å²) >= 11 is 1.73. The number of nitrogens with zero attached hydrogens (tertiary/aromatic N) is 2. The van der Waals surface area contributed by atoms with Crippen LogP contribution >= 0.6 is 11.8 Å². The normalized spacial score (nSPS) is 12.8. The molecule has 0 fully saturated rings. The largest absolute Gasteiger partial charge is 0.352 e. The van der Waals surface area contributed by atoms with E-state index in [1.807, 2.05) is 18.2 Å². The molecule has 0 saturated heterocycles. The molecule has 1 amide bonds. The van der Waals surface area contributed by atoms with E-state index in [-0.39, 0.29) is 5.91 Å². The first-order valence-corrected chi connectivity index (χ1v) is 11.4. The van der Waals surface area contributed by atoms with Crippen molar-refractivity contribution in [3.8, 4) is 0 Å². The zero-order valence-electron chi connectivity index (χ0n) is 17.9. The zero-order chi connectivity index (χ0) is 20.8. The Morgan fingerprint density at radius 2 is 1.83 bits per heavy atom. The standard InChI is InChI=1S/C24H31N3OS/c1-5-20-19-15-17(4)9-11-22(19)29-23-12-10-18(16-21(23)26-20)24(28)25-13-8-14-27(6-2)7-3/h9-12,15-16H,5-8,13-14H2,1-4H3,(H,25,28). The molecule has 2 aromatic rings. The molecular formula is C24H31N3OS. The van der Waals surface area contributed by atoms with Gasteiger partial charge in [0.25, 0.3) is 5.91 Å². The van der Waals surface area contributed by atoms with E-state index in [9.17, 15) is 4.79 Å². The minimum Gasteiger partial charge on any atom is -0.352 e. The first kappa shape index (κ1) is 21.6. The van der Waals surface area contributed by atoms with Gasteiger partial charge in [0.05, 0.1) is 5.69 Å². The molecular weight excluding hydrogens is 378 g/mol. The van der Waals surface area contributed by atoms with Crippen molar-refractivity contribution in [1.82, 2.24) is 10.2 Å². The van der Waals surface area contributed by atoms with Crippen molar-refractivity contribution in [2.45, 2.75) is 50.3 Å². The summed E-state index contributed by atoms with van der Waals surface area (Å²) in [6, 6.07) is 12.4. The molecule has 0 bridgehead atoms. The van der Waals surface area contributed by atoms with E-state index < -0.39 is 0 Å². The van der Waals surface area contributed by atoms with Gasteiger partial charge >= 0.3 is 0 Å². The highest BCUT2D eigenvalue weighted by molar-refractivity contribution is 7.99. The van der Waals surface area contributed by atoms with Crippen LogP contribution in [0.2, 0.25) is 0 Å². The van der Waals surface area contributed by atoms with Crippen LogP contribution in [0.1, 0.15) is 55.1 Å². The number of rotatable bonds is 8. The first-order valence-electron chi connectivity index (χ1n) is 10.6. The quantitative estimate of drug-likeness (QED) is 0.590. The van der Waals surface area contributed by atoms with Crippen LogP contribution in [-0.4, -0.2) is 42.7 Å². The van der Waals surface area contributed by atoms with Crippen molar-refractivity contribution in [3.63, 3.8) is 0 Å². The van der Waals surface area contributed by atoms with Gasteiger partial charge in [0, 0.05) is 33.2 Å². The van der Waals surface area contributed by atoms with Crippen LogP contribution < -0.4 is 5.32 Å². The van der Waals surface area contributed by atoms with Gasteiger partial charge < -0.3 is 10.2 Å². The molecule has 0 radical (unpaired) electrons. The molecule has 2 aromatic carbocycles. The van der Waals surface area contributed by atoms with Crippen LogP contribution in [0.25, 0.3) is 0 Å². The summed E-state index contributed by atoms with van der Waals surface area (Å²) in [5.41, 5.74) is 5.08. The minimum atomic E-state index is -0.0248. The fourth-order valence-electron chi connectivity index (χ4n) is 3.53. The van der Waals surface area contributed by atoms with Crippen molar-refractivity contribution >= 4 is 29.1 Å². The molecule has 0 aliphatic carbocycles. The molecule has 0 saturated carbocycles. The molecule has 0 atom stereocenters. The molecule has 0 aromatic heterocycles. The maximum Gasteiger partial charge on any atom is 0.251 e. The highest BCUT2D eigenvalue weighted by atomic mass is 32.2. The van der Waals surface area contributed by atoms with Crippen molar-refractivity contribution in [1.29, 1.82) is 0 Å². The molecule has 3 rings (SSSR count). The molecule has 4 nitrogen and oxygen atoms in total. The number of nitrogens with one attached hydrogen (secondary N) is 1. The number of aryl methyl sites for hydroxylation is 1. The number of carbonyl (C=O) groups excluding carboxylic acids is 1. The topological polar surface area (TPSA) is 44.7 Å². The van der Waals surface area contributed by atoms with Gasteiger partial charge in [-0.1, -0.05) is 44.2 Å². The van der Waals surface area contributed by atoms with Crippen LogP contribution in [0.15, 0.2) is 51.2 Å². The van der Waals surface area contributed by atoms with Gasteiger partial charge in [-0.3, -0.25) is 9.79 Å². The fourth-order valence-corrected chi connectivity index (χ4v) is 4.54. The van der Waals surface area contributed by atoms with Gasteiger partial charge in [0.1, 0.15) is 0 Å². The molecule has 154 valence electrons. The van der Waals surface area contributed by atoms with E-state index in [1.165, 1.54) is 16.0 Å². The Balaban J connectivity index is 1.75. The Bertz CT molecular complexity index is 903. The zero-order valence-corrected chi connectivity index (χ0v) is 18.7. The summed E-state index contributed by atoms with van der Waals surface area (Å²) in [7, 11) is 0. The molecule has 1 heterocycles. The highest BCUT2D eigenvalue weighted by Crippen LogP contribution is 2.41. The molecule has 29 heavy (non-hydrogen) atoms. The lowest BCUT2D eigenvalue weighted by atomic mass is 10.0. The Kier molecular flexibility index (Phi) is 7.51. The minimum absolute atomic E-state index is 0.0248. The molecule has 1 aliphatic rings. The van der Waals surface area contributed by atoms with Crippen LogP contribution in [0, 0.1) is 6.92 Å². The molecule has 5 heteroatoms. The van der Waals surface area contributed by atoms with E-state index in [0.717, 1.165) is 48.8 Å². The van der Waals surface area contributed by atoms with Crippen LogP contribution in [0.5, 0.6) is 0 Å². The predicted octanol–water partition coefficient (Wildman–Crippen LogP) is 5.45. The van der Waals surface area contributed by atoms with E-state index in [1.54, 1.807) is 11.8 Å². The van der Waals surface area contributed by atoms with E-state index >= 15 is 0 Å².